The number of benzene rings is 1. The Bertz CT molecular complexity index is 355. The molecule has 88 valence electrons. The highest BCUT2D eigenvalue weighted by Crippen LogP contribution is 2.14. The molecule has 0 saturated carbocycles. The third-order valence-corrected chi connectivity index (χ3v) is 2.46. The predicted octanol–water partition coefficient (Wildman–Crippen LogP) is 2.70. The largest absolute Gasteiger partial charge is 0.508 e. The number of hydrogen-bond donors (Lipinski definition) is 2. The number of rotatable bonds is 4. The van der Waals surface area contributed by atoms with Crippen molar-refractivity contribution < 1.29 is 9.90 Å². The summed E-state index contributed by atoms with van der Waals surface area (Å²) in [7, 11) is 0. The molecule has 0 aliphatic heterocycles. The van der Waals surface area contributed by atoms with Crippen LogP contribution in [0.3, 0.4) is 0 Å². The van der Waals surface area contributed by atoms with Gasteiger partial charge in [-0.2, -0.15) is 0 Å². The molecule has 1 rings (SSSR count). The molecule has 0 bridgehead atoms. The fourth-order valence-corrected chi connectivity index (χ4v) is 1.68. The summed E-state index contributed by atoms with van der Waals surface area (Å²) in [6.07, 6.45) is 1.97. The lowest BCUT2D eigenvalue weighted by Gasteiger charge is -2.25. The average Bonchev–Trinajstić information content (AvgIpc) is 2.17. The summed E-state index contributed by atoms with van der Waals surface area (Å²) >= 11 is 0. The van der Waals surface area contributed by atoms with Gasteiger partial charge < -0.3 is 10.4 Å². The second kappa shape index (κ2) is 5.01. The zero-order valence-corrected chi connectivity index (χ0v) is 10.1. The number of aromatic hydroxyl groups is 1. The summed E-state index contributed by atoms with van der Waals surface area (Å²) < 4.78 is 0. The maximum atomic E-state index is 11.9. The van der Waals surface area contributed by atoms with Crippen molar-refractivity contribution in [1.82, 2.24) is 5.32 Å². The van der Waals surface area contributed by atoms with Crippen molar-refractivity contribution >= 4 is 5.91 Å². The lowest BCUT2D eigenvalue weighted by molar-refractivity contribution is 0.0909. The molecule has 2 N–H and O–H groups in total. The van der Waals surface area contributed by atoms with E-state index in [-0.39, 0.29) is 17.2 Å². The van der Waals surface area contributed by atoms with E-state index in [4.69, 9.17) is 5.11 Å². The molecule has 0 spiro atoms. The van der Waals surface area contributed by atoms with Crippen molar-refractivity contribution in [3.05, 3.63) is 29.8 Å². The number of nitrogens with one attached hydrogen (secondary N) is 1. The topological polar surface area (TPSA) is 49.3 Å². The Balaban J connectivity index is 2.69. The smallest absolute Gasteiger partial charge is 0.251 e. The van der Waals surface area contributed by atoms with E-state index in [0.29, 0.717) is 5.56 Å². The Labute approximate surface area is 96.5 Å². The maximum Gasteiger partial charge on any atom is 0.251 e. The fraction of sp³-hybridized carbons (Fsp3) is 0.462. The van der Waals surface area contributed by atoms with Gasteiger partial charge in [0, 0.05) is 11.1 Å². The van der Waals surface area contributed by atoms with Crippen LogP contribution in [-0.4, -0.2) is 16.6 Å². The van der Waals surface area contributed by atoms with Gasteiger partial charge in [0.25, 0.3) is 5.91 Å². The Morgan fingerprint density at radius 2 is 1.88 bits per heavy atom. The molecule has 0 fully saturated rings. The fourth-order valence-electron chi connectivity index (χ4n) is 1.68. The molecule has 0 aliphatic carbocycles. The van der Waals surface area contributed by atoms with Crippen LogP contribution in [0.25, 0.3) is 0 Å². The summed E-state index contributed by atoms with van der Waals surface area (Å²) in [5, 5.41) is 12.1. The standard InChI is InChI=1S/C13H19NO2/c1-4-9-13(2,3)14-12(16)10-5-7-11(15)8-6-10/h5-8,15H,4,9H2,1-3H3,(H,14,16). The highest BCUT2D eigenvalue weighted by Gasteiger charge is 2.19. The van der Waals surface area contributed by atoms with Crippen molar-refractivity contribution in [2.75, 3.05) is 0 Å². The quantitative estimate of drug-likeness (QED) is 0.821. The molecule has 1 aromatic rings. The van der Waals surface area contributed by atoms with Crippen molar-refractivity contribution in [3.8, 4) is 5.75 Å². The van der Waals surface area contributed by atoms with Gasteiger partial charge in [0.15, 0.2) is 0 Å². The molecule has 0 heterocycles. The Kier molecular flexibility index (Phi) is 3.93. The first-order chi connectivity index (χ1) is 7.44. The van der Waals surface area contributed by atoms with E-state index >= 15 is 0 Å². The lowest BCUT2D eigenvalue weighted by atomic mass is 9.98. The molecular formula is C13H19NO2. The second-order valence-corrected chi connectivity index (χ2v) is 4.63. The van der Waals surface area contributed by atoms with E-state index in [1.54, 1.807) is 12.1 Å². The van der Waals surface area contributed by atoms with Crippen LogP contribution in [0.4, 0.5) is 0 Å². The average molecular weight is 221 g/mol. The number of amides is 1. The van der Waals surface area contributed by atoms with Gasteiger partial charge in [0.05, 0.1) is 0 Å². The van der Waals surface area contributed by atoms with Crippen LogP contribution in [-0.2, 0) is 0 Å². The molecule has 0 aromatic heterocycles. The molecular weight excluding hydrogens is 202 g/mol. The highest BCUT2D eigenvalue weighted by atomic mass is 16.3. The van der Waals surface area contributed by atoms with Crippen molar-refractivity contribution in [2.24, 2.45) is 0 Å². The van der Waals surface area contributed by atoms with Crippen LogP contribution in [0.5, 0.6) is 5.75 Å². The highest BCUT2D eigenvalue weighted by molar-refractivity contribution is 5.94. The lowest BCUT2D eigenvalue weighted by Crippen LogP contribution is -2.43. The maximum absolute atomic E-state index is 11.9. The third-order valence-electron chi connectivity index (χ3n) is 2.46. The van der Waals surface area contributed by atoms with Crippen LogP contribution >= 0.6 is 0 Å². The Morgan fingerprint density at radius 1 is 1.31 bits per heavy atom. The van der Waals surface area contributed by atoms with Crippen molar-refractivity contribution in [1.29, 1.82) is 0 Å². The first-order valence-corrected chi connectivity index (χ1v) is 5.56. The minimum absolute atomic E-state index is 0.0987. The van der Waals surface area contributed by atoms with Crippen LogP contribution in [0.1, 0.15) is 44.0 Å². The van der Waals surface area contributed by atoms with Crippen LogP contribution in [0, 0.1) is 0 Å². The van der Waals surface area contributed by atoms with E-state index in [9.17, 15) is 4.79 Å². The van der Waals surface area contributed by atoms with E-state index in [1.807, 2.05) is 13.8 Å². The van der Waals surface area contributed by atoms with Gasteiger partial charge in [-0.3, -0.25) is 4.79 Å². The zero-order chi connectivity index (χ0) is 12.2. The van der Waals surface area contributed by atoms with Crippen molar-refractivity contribution in [2.45, 2.75) is 39.2 Å². The molecule has 0 atom stereocenters. The molecule has 3 nitrogen and oxygen atoms in total. The third kappa shape index (κ3) is 3.57. The number of carbonyl (C=O) groups excluding carboxylic acids is 1. The van der Waals surface area contributed by atoms with Crippen LogP contribution < -0.4 is 5.32 Å². The minimum Gasteiger partial charge on any atom is -0.508 e. The Hall–Kier alpha value is -1.51. The monoisotopic (exact) mass is 221 g/mol. The summed E-state index contributed by atoms with van der Waals surface area (Å²) in [6.45, 7) is 6.11. The van der Waals surface area contributed by atoms with Gasteiger partial charge in [0.2, 0.25) is 0 Å². The normalized spacial score (nSPS) is 11.2. The number of phenolic OH excluding ortho intramolecular Hbond substituents is 1. The zero-order valence-electron chi connectivity index (χ0n) is 10.1. The van der Waals surface area contributed by atoms with E-state index < -0.39 is 0 Å². The first kappa shape index (κ1) is 12.6. The van der Waals surface area contributed by atoms with Crippen LogP contribution in [0.15, 0.2) is 24.3 Å². The summed E-state index contributed by atoms with van der Waals surface area (Å²) in [5.74, 6) is 0.0721. The van der Waals surface area contributed by atoms with Gasteiger partial charge in [-0.25, -0.2) is 0 Å². The first-order valence-electron chi connectivity index (χ1n) is 5.56. The molecule has 0 saturated heterocycles. The molecule has 16 heavy (non-hydrogen) atoms. The summed E-state index contributed by atoms with van der Waals surface area (Å²) in [5.41, 5.74) is 0.381. The van der Waals surface area contributed by atoms with Gasteiger partial charge in [0.1, 0.15) is 5.75 Å². The molecule has 0 radical (unpaired) electrons. The van der Waals surface area contributed by atoms with E-state index in [2.05, 4.69) is 12.2 Å². The predicted molar refractivity (Wildman–Crippen MR) is 64.6 cm³/mol. The molecule has 0 unspecified atom stereocenters. The second-order valence-electron chi connectivity index (χ2n) is 4.63. The number of carbonyl (C=O) groups is 1. The number of hydrogen-bond acceptors (Lipinski definition) is 2. The SMILES string of the molecule is CCCC(C)(C)NC(=O)c1ccc(O)cc1. The molecule has 0 aliphatic rings. The molecule has 1 aromatic carbocycles. The minimum atomic E-state index is -0.191. The van der Waals surface area contributed by atoms with Crippen molar-refractivity contribution in [3.63, 3.8) is 0 Å². The molecule has 1 amide bonds. The van der Waals surface area contributed by atoms with Crippen LogP contribution in [0.2, 0.25) is 0 Å². The van der Waals surface area contributed by atoms with E-state index in [1.165, 1.54) is 12.1 Å². The summed E-state index contributed by atoms with van der Waals surface area (Å²) in [4.78, 5) is 11.9. The Morgan fingerprint density at radius 3 is 2.38 bits per heavy atom. The van der Waals surface area contributed by atoms with E-state index in [0.717, 1.165) is 12.8 Å². The van der Waals surface area contributed by atoms with Gasteiger partial charge >= 0.3 is 0 Å². The van der Waals surface area contributed by atoms with Gasteiger partial charge in [-0.1, -0.05) is 13.3 Å². The summed E-state index contributed by atoms with van der Waals surface area (Å²) in [6, 6.07) is 6.27. The number of phenols is 1. The van der Waals surface area contributed by atoms with Gasteiger partial charge in [-0.15, -0.1) is 0 Å². The molecule has 3 heteroatoms. The van der Waals surface area contributed by atoms with Gasteiger partial charge in [-0.05, 0) is 44.5 Å².